The largest absolute Gasteiger partial charge is 0.466 e. The highest BCUT2D eigenvalue weighted by Crippen LogP contribution is 2.43. The van der Waals surface area contributed by atoms with Gasteiger partial charge in [0, 0.05) is 18.0 Å². The van der Waals surface area contributed by atoms with Crippen LogP contribution in [0.15, 0.2) is 23.5 Å². The fraction of sp³-hybridized carbons (Fsp3) is 0.632. The van der Waals surface area contributed by atoms with Crippen molar-refractivity contribution in [1.82, 2.24) is 10.6 Å². The second kappa shape index (κ2) is 9.48. The summed E-state index contributed by atoms with van der Waals surface area (Å²) < 4.78 is 21.0. The molecule has 2 N–H and O–H groups in total. The van der Waals surface area contributed by atoms with Gasteiger partial charge in [-0.15, -0.1) is 0 Å². The topological polar surface area (TPSA) is 112 Å². The number of nitrogens with one attached hydrogen (secondary N) is 2. The molecule has 0 spiro atoms. The van der Waals surface area contributed by atoms with Crippen molar-refractivity contribution in [1.29, 1.82) is 0 Å². The van der Waals surface area contributed by atoms with E-state index in [-0.39, 0.29) is 24.6 Å². The monoisotopic (exact) mass is 396 g/mol. The minimum atomic E-state index is -0.942. The quantitative estimate of drug-likeness (QED) is 0.402. The molecule has 28 heavy (non-hydrogen) atoms. The van der Waals surface area contributed by atoms with Gasteiger partial charge in [0.25, 0.3) is 6.29 Å². The van der Waals surface area contributed by atoms with E-state index in [2.05, 4.69) is 10.6 Å². The Morgan fingerprint density at radius 1 is 1.14 bits per heavy atom. The van der Waals surface area contributed by atoms with Gasteiger partial charge in [0.2, 0.25) is 0 Å². The van der Waals surface area contributed by atoms with E-state index in [0.29, 0.717) is 12.0 Å². The Labute approximate surface area is 164 Å². The molecule has 1 heterocycles. The number of amides is 2. The Balaban J connectivity index is 2.13. The van der Waals surface area contributed by atoms with E-state index >= 15 is 0 Å². The molecule has 0 aromatic rings. The van der Waals surface area contributed by atoms with Crippen molar-refractivity contribution in [3.05, 3.63) is 23.5 Å². The standard InChI is InChI=1S/C19H28N2O7/c1-10(2)20-18(23)27-8-12-6-7-13-14(16(22)25-5)9-26-17(15(12)13)28-19(24)21-11(3)4/h6,9-11,13,15,17H,7-8H2,1-5H3,(H,20,23)(H,21,24)/t13-,15-,17?/m1/s1. The number of methoxy groups -OCH3 is 1. The van der Waals surface area contributed by atoms with Gasteiger partial charge in [0.1, 0.15) is 6.61 Å². The fourth-order valence-corrected chi connectivity index (χ4v) is 3.19. The van der Waals surface area contributed by atoms with Gasteiger partial charge in [-0.2, -0.15) is 0 Å². The van der Waals surface area contributed by atoms with Crippen LogP contribution < -0.4 is 10.6 Å². The van der Waals surface area contributed by atoms with Crippen molar-refractivity contribution in [2.75, 3.05) is 13.7 Å². The fourth-order valence-electron chi connectivity index (χ4n) is 3.19. The van der Waals surface area contributed by atoms with E-state index in [1.54, 1.807) is 0 Å². The van der Waals surface area contributed by atoms with Crippen molar-refractivity contribution >= 4 is 18.2 Å². The average molecular weight is 396 g/mol. The maximum absolute atomic E-state index is 12.1. The first-order valence-electron chi connectivity index (χ1n) is 9.26. The van der Waals surface area contributed by atoms with Gasteiger partial charge in [-0.25, -0.2) is 14.4 Å². The van der Waals surface area contributed by atoms with E-state index < -0.39 is 30.4 Å². The van der Waals surface area contributed by atoms with Gasteiger partial charge in [0.05, 0.1) is 24.9 Å². The third kappa shape index (κ3) is 5.40. The first-order valence-corrected chi connectivity index (χ1v) is 9.26. The van der Waals surface area contributed by atoms with E-state index in [1.165, 1.54) is 13.4 Å². The number of carbonyl (C=O) groups is 3. The van der Waals surface area contributed by atoms with E-state index in [1.807, 2.05) is 33.8 Å². The average Bonchev–Trinajstić information content (AvgIpc) is 3.02. The normalized spacial score (nSPS) is 23.2. The number of hydrogen-bond donors (Lipinski definition) is 2. The van der Waals surface area contributed by atoms with Crippen LogP contribution >= 0.6 is 0 Å². The summed E-state index contributed by atoms with van der Waals surface area (Å²) in [5.41, 5.74) is 1.08. The summed E-state index contributed by atoms with van der Waals surface area (Å²) in [4.78, 5) is 35.9. The molecule has 9 nitrogen and oxygen atoms in total. The number of ether oxygens (including phenoxy) is 4. The van der Waals surface area contributed by atoms with Crippen LogP contribution in [0.4, 0.5) is 9.59 Å². The highest BCUT2D eigenvalue weighted by Gasteiger charge is 2.46. The number of rotatable bonds is 6. The van der Waals surface area contributed by atoms with Crippen LogP contribution in [-0.4, -0.2) is 50.2 Å². The smallest absolute Gasteiger partial charge is 0.410 e. The minimum absolute atomic E-state index is 0.00317. The molecule has 2 amide bonds. The van der Waals surface area contributed by atoms with Crippen LogP contribution in [0.1, 0.15) is 34.1 Å². The SMILES string of the molecule is COC(=O)C1=COC(OC(=O)NC(C)C)[C@@H]2C(COC(=O)NC(C)C)=CC[C@H]12. The third-order valence-corrected chi connectivity index (χ3v) is 4.34. The summed E-state index contributed by atoms with van der Waals surface area (Å²) in [6.45, 7) is 7.27. The summed E-state index contributed by atoms with van der Waals surface area (Å²) in [6, 6.07) is -0.157. The van der Waals surface area contributed by atoms with Crippen LogP contribution in [0, 0.1) is 11.8 Å². The molecule has 1 aliphatic carbocycles. The molecule has 2 aliphatic rings. The van der Waals surface area contributed by atoms with Crippen LogP contribution in [0.3, 0.4) is 0 Å². The zero-order valence-electron chi connectivity index (χ0n) is 16.8. The van der Waals surface area contributed by atoms with Gasteiger partial charge >= 0.3 is 18.2 Å². The molecule has 3 atom stereocenters. The van der Waals surface area contributed by atoms with Crippen LogP contribution in [-0.2, 0) is 23.7 Å². The lowest BCUT2D eigenvalue weighted by Gasteiger charge is -2.34. The molecule has 9 heteroatoms. The number of allylic oxidation sites excluding steroid dienone is 1. The number of hydrogen-bond acceptors (Lipinski definition) is 7. The lowest BCUT2D eigenvalue weighted by atomic mass is 9.83. The molecular weight excluding hydrogens is 368 g/mol. The highest BCUT2D eigenvalue weighted by atomic mass is 16.7. The molecule has 2 rings (SSSR count). The molecule has 0 aromatic heterocycles. The number of alkyl carbamates (subject to hydrolysis) is 2. The molecule has 0 radical (unpaired) electrons. The van der Waals surface area contributed by atoms with Crippen molar-refractivity contribution in [2.24, 2.45) is 11.8 Å². The Morgan fingerprint density at radius 3 is 2.39 bits per heavy atom. The van der Waals surface area contributed by atoms with Crippen LogP contribution in [0.5, 0.6) is 0 Å². The van der Waals surface area contributed by atoms with Gasteiger partial charge in [0.15, 0.2) is 0 Å². The lowest BCUT2D eigenvalue weighted by molar-refractivity contribution is -0.142. The molecule has 0 bridgehead atoms. The maximum Gasteiger partial charge on any atom is 0.410 e. The van der Waals surface area contributed by atoms with E-state index in [4.69, 9.17) is 18.9 Å². The predicted octanol–water partition coefficient (Wildman–Crippen LogP) is 2.23. The third-order valence-electron chi connectivity index (χ3n) is 4.34. The zero-order chi connectivity index (χ0) is 20.8. The highest BCUT2D eigenvalue weighted by molar-refractivity contribution is 5.89. The summed E-state index contributed by atoms with van der Waals surface area (Å²) in [5.74, 6) is -1.25. The molecule has 0 fully saturated rings. The van der Waals surface area contributed by atoms with Gasteiger partial charge in [-0.3, -0.25) is 0 Å². The molecule has 0 aromatic carbocycles. The summed E-state index contributed by atoms with van der Waals surface area (Å²) in [7, 11) is 1.29. The zero-order valence-corrected chi connectivity index (χ0v) is 16.8. The predicted molar refractivity (Wildman–Crippen MR) is 99.0 cm³/mol. The second-order valence-corrected chi connectivity index (χ2v) is 7.30. The van der Waals surface area contributed by atoms with Crippen molar-refractivity contribution in [3.8, 4) is 0 Å². The Hall–Kier alpha value is -2.71. The van der Waals surface area contributed by atoms with Crippen molar-refractivity contribution in [3.63, 3.8) is 0 Å². The first kappa shape index (κ1) is 21.6. The van der Waals surface area contributed by atoms with Gasteiger partial charge < -0.3 is 29.6 Å². The Bertz CT molecular complexity index is 669. The number of esters is 1. The molecule has 0 saturated carbocycles. The van der Waals surface area contributed by atoms with E-state index in [9.17, 15) is 14.4 Å². The molecule has 1 unspecified atom stereocenters. The van der Waals surface area contributed by atoms with Crippen molar-refractivity contribution < 1.29 is 33.3 Å². The summed E-state index contributed by atoms with van der Waals surface area (Å²) >= 11 is 0. The lowest BCUT2D eigenvalue weighted by Crippen LogP contribution is -2.42. The van der Waals surface area contributed by atoms with E-state index in [0.717, 1.165) is 5.57 Å². The summed E-state index contributed by atoms with van der Waals surface area (Å²) in [6.07, 6.45) is 1.56. The Kier molecular flexibility index (Phi) is 7.31. The first-order chi connectivity index (χ1) is 13.2. The Morgan fingerprint density at radius 2 is 1.79 bits per heavy atom. The molecule has 156 valence electrons. The molecule has 0 saturated heterocycles. The minimum Gasteiger partial charge on any atom is -0.466 e. The second-order valence-electron chi connectivity index (χ2n) is 7.30. The molecule has 1 aliphatic heterocycles. The van der Waals surface area contributed by atoms with Crippen LogP contribution in [0.25, 0.3) is 0 Å². The maximum atomic E-state index is 12.1. The van der Waals surface area contributed by atoms with Gasteiger partial charge in [-0.05, 0) is 39.7 Å². The van der Waals surface area contributed by atoms with Gasteiger partial charge in [-0.1, -0.05) is 6.08 Å². The van der Waals surface area contributed by atoms with Crippen molar-refractivity contribution in [2.45, 2.75) is 52.5 Å². The van der Waals surface area contributed by atoms with Crippen LogP contribution in [0.2, 0.25) is 0 Å². The molecular formula is C19H28N2O7. The summed E-state index contributed by atoms with van der Waals surface area (Å²) in [5, 5.41) is 5.27. The number of fused-ring (bicyclic) bond motifs is 1. The number of carbonyl (C=O) groups excluding carboxylic acids is 3.